The molecule has 0 radical (unpaired) electrons. The number of amides is 2. The highest BCUT2D eigenvalue weighted by Gasteiger charge is 2.21. The summed E-state index contributed by atoms with van der Waals surface area (Å²) in [5.74, 6) is 0.307. The van der Waals surface area contributed by atoms with Crippen molar-refractivity contribution in [3.8, 4) is 0 Å². The van der Waals surface area contributed by atoms with Gasteiger partial charge in [0.15, 0.2) is 0 Å². The van der Waals surface area contributed by atoms with Crippen LogP contribution in [0.15, 0.2) is 22.8 Å². The molecule has 1 aromatic rings. The van der Waals surface area contributed by atoms with Crippen LogP contribution in [-0.4, -0.2) is 47.1 Å². The van der Waals surface area contributed by atoms with Gasteiger partial charge in [-0.05, 0) is 30.6 Å². The summed E-state index contributed by atoms with van der Waals surface area (Å²) in [7, 11) is 1.59. The SMILES string of the molecule is CSCC[C@H](NC(=O)N(C)Cc1ccco1)C(=O)O. The number of furan rings is 1. The molecular formula is C12H18N2O4S. The highest BCUT2D eigenvalue weighted by atomic mass is 32.2. The first-order valence-electron chi connectivity index (χ1n) is 5.80. The number of rotatable bonds is 7. The molecule has 0 fully saturated rings. The lowest BCUT2D eigenvalue weighted by Gasteiger charge is -2.20. The molecule has 0 saturated carbocycles. The maximum atomic E-state index is 11.9. The van der Waals surface area contributed by atoms with Gasteiger partial charge in [0.05, 0.1) is 12.8 Å². The number of carbonyl (C=O) groups excluding carboxylic acids is 1. The number of nitrogens with zero attached hydrogens (tertiary/aromatic N) is 1. The number of thioether (sulfide) groups is 1. The van der Waals surface area contributed by atoms with Gasteiger partial charge < -0.3 is 19.7 Å². The van der Waals surface area contributed by atoms with E-state index in [4.69, 9.17) is 9.52 Å². The van der Waals surface area contributed by atoms with E-state index in [1.807, 2.05) is 6.26 Å². The van der Waals surface area contributed by atoms with Crippen LogP contribution in [0.3, 0.4) is 0 Å². The second kappa shape index (κ2) is 7.73. The van der Waals surface area contributed by atoms with Gasteiger partial charge in [-0.25, -0.2) is 9.59 Å². The molecule has 19 heavy (non-hydrogen) atoms. The number of carboxylic acids is 1. The van der Waals surface area contributed by atoms with Crippen molar-refractivity contribution >= 4 is 23.8 Å². The van der Waals surface area contributed by atoms with Crippen LogP contribution in [0.2, 0.25) is 0 Å². The predicted molar refractivity (Wildman–Crippen MR) is 73.1 cm³/mol. The van der Waals surface area contributed by atoms with Crippen molar-refractivity contribution in [3.63, 3.8) is 0 Å². The van der Waals surface area contributed by atoms with Gasteiger partial charge in [0, 0.05) is 7.05 Å². The van der Waals surface area contributed by atoms with E-state index in [9.17, 15) is 9.59 Å². The van der Waals surface area contributed by atoms with Crippen molar-refractivity contribution in [2.45, 2.75) is 19.0 Å². The first kappa shape index (κ1) is 15.4. The average Bonchev–Trinajstić information content (AvgIpc) is 2.86. The quantitative estimate of drug-likeness (QED) is 0.796. The molecule has 1 atom stereocenters. The molecule has 6 nitrogen and oxygen atoms in total. The topological polar surface area (TPSA) is 82.8 Å². The Morgan fingerprint density at radius 1 is 1.58 bits per heavy atom. The van der Waals surface area contributed by atoms with Crippen LogP contribution < -0.4 is 5.32 Å². The van der Waals surface area contributed by atoms with Crippen molar-refractivity contribution in [1.82, 2.24) is 10.2 Å². The molecule has 0 aliphatic carbocycles. The van der Waals surface area contributed by atoms with E-state index in [-0.39, 0.29) is 0 Å². The van der Waals surface area contributed by atoms with Crippen LogP contribution in [0, 0.1) is 0 Å². The summed E-state index contributed by atoms with van der Waals surface area (Å²) >= 11 is 1.54. The third-order valence-corrected chi connectivity index (χ3v) is 3.17. The van der Waals surface area contributed by atoms with Crippen molar-refractivity contribution in [2.24, 2.45) is 0 Å². The molecule has 0 spiro atoms. The van der Waals surface area contributed by atoms with Gasteiger partial charge in [0.2, 0.25) is 0 Å². The molecule has 0 unspecified atom stereocenters. The monoisotopic (exact) mass is 286 g/mol. The highest BCUT2D eigenvalue weighted by Crippen LogP contribution is 2.05. The van der Waals surface area contributed by atoms with Crippen molar-refractivity contribution in [1.29, 1.82) is 0 Å². The Bertz CT molecular complexity index is 408. The molecule has 1 rings (SSSR count). The van der Waals surface area contributed by atoms with Crippen molar-refractivity contribution in [3.05, 3.63) is 24.2 Å². The van der Waals surface area contributed by atoms with Crippen molar-refractivity contribution < 1.29 is 19.1 Å². The van der Waals surface area contributed by atoms with Crippen LogP contribution in [0.5, 0.6) is 0 Å². The van der Waals surface area contributed by atoms with Crippen LogP contribution in [0.4, 0.5) is 4.79 Å². The maximum absolute atomic E-state index is 11.9. The molecule has 0 aromatic carbocycles. The van der Waals surface area contributed by atoms with Crippen LogP contribution in [0.25, 0.3) is 0 Å². The zero-order chi connectivity index (χ0) is 14.3. The molecule has 0 aliphatic heterocycles. The highest BCUT2D eigenvalue weighted by molar-refractivity contribution is 7.98. The van der Waals surface area contributed by atoms with E-state index < -0.39 is 18.0 Å². The lowest BCUT2D eigenvalue weighted by atomic mass is 10.2. The van der Waals surface area contributed by atoms with E-state index >= 15 is 0 Å². The van der Waals surface area contributed by atoms with Gasteiger partial charge in [-0.1, -0.05) is 0 Å². The van der Waals surface area contributed by atoms with Gasteiger partial charge in [-0.15, -0.1) is 0 Å². The lowest BCUT2D eigenvalue weighted by Crippen LogP contribution is -2.46. The van der Waals surface area contributed by atoms with Crippen molar-refractivity contribution in [2.75, 3.05) is 19.1 Å². The Labute approximate surface area is 116 Å². The minimum atomic E-state index is -1.02. The summed E-state index contributed by atoms with van der Waals surface area (Å²) < 4.78 is 5.13. The summed E-state index contributed by atoms with van der Waals surface area (Å²) in [6.07, 6.45) is 3.82. The van der Waals surface area contributed by atoms with E-state index in [0.29, 0.717) is 24.5 Å². The fourth-order valence-corrected chi connectivity index (χ4v) is 1.93. The second-order valence-corrected chi connectivity index (χ2v) is 5.04. The Balaban J connectivity index is 2.48. The van der Waals surface area contributed by atoms with Crippen LogP contribution in [0.1, 0.15) is 12.2 Å². The number of carboxylic acid groups (broad SMARTS) is 1. The number of urea groups is 1. The molecular weight excluding hydrogens is 268 g/mol. The number of nitrogens with one attached hydrogen (secondary N) is 1. The predicted octanol–water partition coefficient (Wildman–Crippen LogP) is 1.63. The fraction of sp³-hybridized carbons (Fsp3) is 0.500. The number of hydrogen-bond donors (Lipinski definition) is 2. The van der Waals surface area contributed by atoms with Gasteiger partial charge in [0.25, 0.3) is 0 Å². The molecule has 1 heterocycles. The molecule has 2 N–H and O–H groups in total. The summed E-state index contributed by atoms with van der Waals surface area (Å²) in [5.41, 5.74) is 0. The largest absolute Gasteiger partial charge is 0.480 e. The maximum Gasteiger partial charge on any atom is 0.326 e. The molecule has 2 amide bonds. The molecule has 0 aliphatic rings. The first-order chi connectivity index (χ1) is 9.04. The molecule has 0 bridgehead atoms. The summed E-state index contributed by atoms with van der Waals surface area (Å²) in [4.78, 5) is 24.3. The fourth-order valence-electron chi connectivity index (χ4n) is 1.46. The van der Waals surface area contributed by atoms with Gasteiger partial charge in [-0.2, -0.15) is 11.8 Å². The summed E-state index contributed by atoms with van der Waals surface area (Å²) in [5, 5.41) is 11.5. The van der Waals surface area contributed by atoms with Crippen LogP contribution >= 0.6 is 11.8 Å². The Hall–Kier alpha value is -1.63. The molecule has 106 valence electrons. The van der Waals surface area contributed by atoms with E-state index in [2.05, 4.69) is 5.32 Å². The number of hydrogen-bond acceptors (Lipinski definition) is 4. The van der Waals surface area contributed by atoms with E-state index in [0.717, 1.165) is 0 Å². The molecule has 7 heteroatoms. The Morgan fingerprint density at radius 2 is 2.32 bits per heavy atom. The average molecular weight is 286 g/mol. The van der Waals surface area contributed by atoms with Gasteiger partial charge in [0.1, 0.15) is 11.8 Å². The number of carbonyl (C=O) groups is 2. The zero-order valence-corrected chi connectivity index (χ0v) is 11.8. The molecule has 0 saturated heterocycles. The van der Waals surface area contributed by atoms with Gasteiger partial charge >= 0.3 is 12.0 Å². The third kappa shape index (κ3) is 5.25. The second-order valence-electron chi connectivity index (χ2n) is 4.06. The van der Waals surface area contributed by atoms with Crippen LogP contribution in [-0.2, 0) is 11.3 Å². The third-order valence-electron chi connectivity index (χ3n) is 2.53. The first-order valence-corrected chi connectivity index (χ1v) is 7.19. The standard InChI is InChI=1S/C12H18N2O4S/c1-14(8-9-4-3-6-18-9)12(17)13-10(11(15)16)5-7-19-2/h3-4,6,10H,5,7-8H2,1-2H3,(H,13,17)(H,15,16)/t10-/m0/s1. The normalized spacial score (nSPS) is 11.9. The van der Waals surface area contributed by atoms with Gasteiger partial charge in [-0.3, -0.25) is 0 Å². The summed E-state index contributed by atoms with van der Waals surface area (Å²) in [6.45, 7) is 0.299. The minimum absolute atomic E-state index is 0.299. The summed E-state index contributed by atoms with van der Waals surface area (Å²) in [6, 6.07) is 2.20. The minimum Gasteiger partial charge on any atom is -0.480 e. The molecule has 1 aromatic heterocycles. The van der Waals surface area contributed by atoms with E-state index in [1.165, 1.54) is 11.2 Å². The number of aliphatic carboxylic acids is 1. The zero-order valence-electron chi connectivity index (χ0n) is 11.0. The Kier molecular flexibility index (Phi) is 6.27. The lowest BCUT2D eigenvalue weighted by molar-refractivity contribution is -0.139. The van der Waals surface area contributed by atoms with E-state index in [1.54, 1.807) is 30.9 Å². The smallest absolute Gasteiger partial charge is 0.326 e. The Morgan fingerprint density at radius 3 is 2.84 bits per heavy atom.